The minimum absolute atomic E-state index is 0.103. The van der Waals surface area contributed by atoms with E-state index in [-0.39, 0.29) is 30.4 Å². The maximum absolute atomic E-state index is 11.9. The molecule has 1 amide bonds. The zero-order valence-corrected chi connectivity index (χ0v) is 10.5. The topological polar surface area (TPSA) is 49.3 Å². The van der Waals surface area contributed by atoms with Gasteiger partial charge in [0, 0.05) is 24.5 Å². The molecule has 94 valence electrons. The largest absolute Gasteiger partial charge is 0.396 e. The van der Waals surface area contributed by atoms with E-state index >= 15 is 0 Å². The van der Waals surface area contributed by atoms with E-state index in [1.54, 1.807) is 0 Å². The van der Waals surface area contributed by atoms with Crippen LogP contribution >= 0.6 is 0 Å². The Morgan fingerprint density at radius 2 is 2.12 bits per heavy atom. The van der Waals surface area contributed by atoms with Crippen LogP contribution in [0.2, 0.25) is 0 Å². The van der Waals surface area contributed by atoms with Crippen molar-refractivity contribution in [2.45, 2.75) is 58.4 Å². The molecule has 1 aliphatic rings. The molecule has 0 bridgehead atoms. The molecule has 0 aromatic heterocycles. The molecule has 3 nitrogen and oxygen atoms in total. The van der Waals surface area contributed by atoms with Crippen molar-refractivity contribution in [3.63, 3.8) is 0 Å². The van der Waals surface area contributed by atoms with Crippen molar-refractivity contribution in [1.29, 1.82) is 0 Å². The molecule has 1 fully saturated rings. The normalized spacial score (nSPS) is 27.4. The first-order valence-electron chi connectivity index (χ1n) is 6.60. The fourth-order valence-corrected chi connectivity index (χ4v) is 2.51. The molecule has 3 heteroatoms. The van der Waals surface area contributed by atoms with E-state index < -0.39 is 0 Å². The third-order valence-corrected chi connectivity index (χ3v) is 3.64. The lowest BCUT2D eigenvalue weighted by Gasteiger charge is -2.31. The number of carbonyl (C=O) groups is 1. The van der Waals surface area contributed by atoms with Gasteiger partial charge in [0.15, 0.2) is 0 Å². The Morgan fingerprint density at radius 1 is 1.44 bits per heavy atom. The Bertz CT molecular complexity index is 218. The number of carbonyl (C=O) groups excluding carboxylic acids is 1. The van der Waals surface area contributed by atoms with E-state index in [9.17, 15) is 9.90 Å². The summed E-state index contributed by atoms with van der Waals surface area (Å²) in [6.07, 6.45) is 6.41. The van der Waals surface area contributed by atoms with E-state index in [2.05, 4.69) is 12.2 Å². The first-order valence-corrected chi connectivity index (χ1v) is 6.60. The monoisotopic (exact) mass is 227 g/mol. The van der Waals surface area contributed by atoms with Crippen LogP contribution in [0, 0.1) is 11.8 Å². The highest BCUT2D eigenvalue weighted by atomic mass is 16.3. The van der Waals surface area contributed by atoms with E-state index in [1.165, 1.54) is 12.8 Å². The number of aliphatic hydroxyl groups excluding tert-OH is 1. The molecule has 2 N–H and O–H groups in total. The summed E-state index contributed by atoms with van der Waals surface area (Å²) in [5.41, 5.74) is 0. The molecule has 3 unspecified atom stereocenters. The van der Waals surface area contributed by atoms with Gasteiger partial charge in [0.05, 0.1) is 0 Å². The number of hydrogen-bond donors (Lipinski definition) is 2. The van der Waals surface area contributed by atoms with Gasteiger partial charge in [-0.2, -0.15) is 0 Å². The lowest BCUT2D eigenvalue weighted by atomic mass is 9.84. The van der Waals surface area contributed by atoms with Crippen molar-refractivity contribution in [2.75, 3.05) is 6.61 Å². The lowest BCUT2D eigenvalue weighted by Crippen LogP contribution is -2.45. The first-order chi connectivity index (χ1) is 7.69. The molecule has 0 spiro atoms. The van der Waals surface area contributed by atoms with Crippen molar-refractivity contribution in [2.24, 2.45) is 11.8 Å². The third-order valence-electron chi connectivity index (χ3n) is 3.64. The van der Waals surface area contributed by atoms with E-state index in [0.29, 0.717) is 0 Å². The minimum Gasteiger partial charge on any atom is -0.396 e. The number of hydrogen-bond acceptors (Lipinski definition) is 2. The number of nitrogens with one attached hydrogen (secondary N) is 1. The molecule has 0 aliphatic heterocycles. The van der Waals surface area contributed by atoms with Gasteiger partial charge in [0.2, 0.25) is 5.91 Å². The summed E-state index contributed by atoms with van der Waals surface area (Å²) in [7, 11) is 0. The molecule has 0 heterocycles. The first kappa shape index (κ1) is 13.5. The van der Waals surface area contributed by atoms with Gasteiger partial charge in [0.1, 0.15) is 0 Å². The maximum atomic E-state index is 11.9. The Balaban J connectivity index is 2.41. The van der Waals surface area contributed by atoms with Gasteiger partial charge in [-0.05, 0) is 19.3 Å². The van der Waals surface area contributed by atoms with Crippen LogP contribution in [0.5, 0.6) is 0 Å². The van der Waals surface area contributed by atoms with Gasteiger partial charge in [-0.1, -0.05) is 33.1 Å². The fourth-order valence-electron chi connectivity index (χ4n) is 2.51. The van der Waals surface area contributed by atoms with Crippen molar-refractivity contribution in [3.05, 3.63) is 0 Å². The van der Waals surface area contributed by atoms with Crippen LogP contribution in [0.25, 0.3) is 0 Å². The van der Waals surface area contributed by atoms with Crippen LogP contribution in [0.15, 0.2) is 0 Å². The van der Waals surface area contributed by atoms with Crippen molar-refractivity contribution in [3.8, 4) is 0 Å². The second-order valence-electron chi connectivity index (χ2n) is 5.03. The summed E-state index contributed by atoms with van der Waals surface area (Å²) in [6.45, 7) is 4.28. The lowest BCUT2D eigenvalue weighted by molar-refractivity contribution is -0.126. The van der Waals surface area contributed by atoms with Crippen molar-refractivity contribution < 1.29 is 9.90 Å². The van der Waals surface area contributed by atoms with Gasteiger partial charge >= 0.3 is 0 Å². The van der Waals surface area contributed by atoms with Gasteiger partial charge in [-0.25, -0.2) is 0 Å². The number of aliphatic hydroxyl groups is 1. The predicted octanol–water partition coefficient (Wildman–Crippen LogP) is 2.09. The third kappa shape index (κ3) is 3.78. The van der Waals surface area contributed by atoms with Crippen LogP contribution in [0.3, 0.4) is 0 Å². The van der Waals surface area contributed by atoms with Crippen molar-refractivity contribution >= 4 is 5.91 Å². The fraction of sp³-hybridized carbons (Fsp3) is 0.923. The summed E-state index contributed by atoms with van der Waals surface area (Å²) < 4.78 is 0. The van der Waals surface area contributed by atoms with E-state index in [1.807, 2.05) is 6.92 Å². The van der Waals surface area contributed by atoms with Crippen LogP contribution in [0.1, 0.15) is 52.4 Å². The summed E-state index contributed by atoms with van der Waals surface area (Å²) >= 11 is 0. The Hall–Kier alpha value is -0.570. The summed E-state index contributed by atoms with van der Waals surface area (Å²) in [4.78, 5) is 11.9. The van der Waals surface area contributed by atoms with Gasteiger partial charge < -0.3 is 10.4 Å². The summed E-state index contributed by atoms with van der Waals surface area (Å²) in [6, 6.07) is 0.200. The van der Waals surface area contributed by atoms with Gasteiger partial charge in [-0.3, -0.25) is 4.79 Å². The highest BCUT2D eigenvalue weighted by molar-refractivity contribution is 5.78. The minimum atomic E-state index is 0.103. The number of amides is 1. The Labute approximate surface area is 98.6 Å². The molecule has 3 atom stereocenters. The summed E-state index contributed by atoms with van der Waals surface area (Å²) in [5, 5.41) is 12.4. The number of rotatable bonds is 5. The molecule has 0 aromatic carbocycles. The van der Waals surface area contributed by atoms with Gasteiger partial charge in [0.25, 0.3) is 0 Å². The highest BCUT2D eigenvalue weighted by Crippen LogP contribution is 2.24. The Kier molecular flexibility index (Phi) is 5.81. The van der Waals surface area contributed by atoms with Crippen LogP contribution in [-0.4, -0.2) is 23.7 Å². The molecule has 1 rings (SSSR count). The van der Waals surface area contributed by atoms with Crippen LogP contribution in [0.4, 0.5) is 0 Å². The van der Waals surface area contributed by atoms with Crippen LogP contribution in [-0.2, 0) is 4.79 Å². The van der Waals surface area contributed by atoms with E-state index in [0.717, 1.165) is 25.7 Å². The smallest absolute Gasteiger partial charge is 0.223 e. The molecule has 0 aromatic rings. The molecular weight excluding hydrogens is 202 g/mol. The zero-order valence-electron chi connectivity index (χ0n) is 10.5. The second-order valence-corrected chi connectivity index (χ2v) is 5.03. The zero-order chi connectivity index (χ0) is 12.0. The van der Waals surface area contributed by atoms with E-state index in [4.69, 9.17) is 0 Å². The molecule has 1 aliphatic carbocycles. The molecule has 0 radical (unpaired) electrons. The standard InChI is InChI=1S/C13H25NO2/c1-3-6-10(2)13(16)14-12-8-5-4-7-11(12)9-15/h10-12,15H,3-9H2,1-2H3,(H,14,16). The quantitative estimate of drug-likeness (QED) is 0.755. The maximum Gasteiger partial charge on any atom is 0.223 e. The second kappa shape index (κ2) is 6.89. The van der Waals surface area contributed by atoms with Gasteiger partial charge in [-0.15, -0.1) is 0 Å². The molecule has 0 saturated heterocycles. The highest BCUT2D eigenvalue weighted by Gasteiger charge is 2.26. The van der Waals surface area contributed by atoms with Crippen LogP contribution < -0.4 is 5.32 Å². The molecule has 1 saturated carbocycles. The van der Waals surface area contributed by atoms with Crippen molar-refractivity contribution in [1.82, 2.24) is 5.32 Å². The average Bonchev–Trinajstić information content (AvgIpc) is 2.30. The molecular formula is C13H25NO2. The molecule has 16 heavy (non-hydrogen) atoms. The predicted molar refractivity (Wildman–Crippen MR) is 65.0 cm³/mol. The average molecular weight is 227 g/mol. The Morgan fingerprint density at radius 3 is 2.75 bits per heavy atom. The summed E-state index contributed by atoms with van der Waals surface area (Å²) in [5.74, 6) is 0.532. The SMILES string of the molecule is CCCC(C)C(=O)NC1CCCCC1CO.